The Morgan fingerprint density at radius 3 is 0.534 bits per heavy atom. The number of rotatable bonds is 6. The van der Waals surface area contributed by atoms with Crippen molar-refractivity contribution in [1.82, 2.24) is 0 Å². The van der Waals surface area contributed by atoms with Crippen LogP contribution in [0.4, 0.5) is 22.7 Å². The van der Waals surface area contributed by atoms with Crippen LogP contribution in [0.15, 0.2) is 178 Å². The zero-order valence-electron chi connectivity index (χ0n) is 53.8. The first kappa shape index (κ1) is 107. The molecule has 0 saturated heterocycles. The summed E-state index contributed by atoms with van der Waals surface area (Å²) in [4.78, 5) is 19.4. The first-order valence-electron chi connectivity index (χ1n) is 26.1. The molecule has 0 heterocycles. The second-order valence-electron chi connectivity index (χ2n) is 18.5. The Bertz CT molecular complexity index is 2680. The van der Waals surface area contributed by atoms with Gasteiger partial charge in [0.2, 0.25) is 0 Å². The van der Waals surface area contributed by atoms with Crippen LogP contribution in [0.2, 0.25) is 20.1 Å². The van der Waals surface area contributed by atoms with Gasteiger partial charge in [-0.05, 0) is 180 Å². The summed E-state index contributed by atoms with van der Waals surface area (Å²) in [5.74, 6) is 0. The summed E-state index contributed by atoms with van der Waals surface area (Å²) in [6.45, 7) is 43.6. The predicted octanol–water partition coefficient (Wildman–Crippen LogP) is 4.58. The van der Waals surface area contributed by atoms with Gasteiger partial charge in [-0.2, -0.15) is 50.2 Å². The summed E-state index contributed by atoms with van der Waals surface area (Å²) in [5.41, 5.74) is 22.9. The SMILES string of the molecule is CC(=Nc1c(C)cc(C)cc1C)C(C)=Nc1c(C)cc(C)cc1C.CC(=Nc1c(C)cc(C)cc1C)C(C)=Nc1c(C)cc(C)cc1C.Clc1ccccc1Cl.Clc1ccccc1Cl.[Al+3].[Al+3].[CH2-]C.[CH2-]C.[Cl-].[Cl-].[Cl-].[Cl-].[Cl-].[Cl-].[Ni+2].[Ni+2].c1cc[cH-]c1.c1cc[cH-]c1. The molecule has 0 bridgehead atoms. The van der Waals surface area contributed by atoms with Crippen molar-refractivity contribution >= 4 is 127 Å². The molecule has 0 amide bonds. The van der Waals surface area contributed by atoms with Crippen LogP contribution in [-0.4, -0.2) is 57.6 Å². The fraction of sp³-hybridized carbons (Fsp3) is 0.257. The molecule has 0 saturated carbocycles. The molecule has 8 aromatic carbocycles. The summed E-state index contributed by atoms with van der Waals surface area (Å²) in [7, 11) is 0. The zero-order valence-corrected chi connectivity index (χ0v) is 65.6. The van der Waals surface area contributed by atoms with E-state index in [0.717, 1.165) is 45.6 Å². The molecule has 0 unspecified atom stereocenters. The molecule has 18 heteroatoms. The van der Waals surface area contributed by atoms with Gasteiger partial charge in [-0.3, -0.25) is 20.0 Å². The van der Waals surface area contributed by atoms with Crippen LogP contribution in [0, 0.1) is 96.9 Å². The van der Waals surface area contributed by atoms with Crippen molar-refractivity contribution in [2.45, 2.75) is 125 Å². The molecule has 0 aromatic heterocycles. The van der Waals surface area contributed by atoms with Gasteiger partial charge in [-0.1, -0.05) is 141 Å². The van der Waals surface area contributed by atoms with Crippen LogP contribution in [0.5, 0.6) is 0 Å². The predicted molar refractivity (Wildman–Crippen MR) is 364 cm³/mol. The van der Waals surface area contributed by atoms with Gasteiger partial charge in [0.1, 0.15) is 0 Å². The van der Waals surface area contributed by atoms with Gasteiger partial charge in [-0.15, -0.1) is 0 Å². The molecule has 0 N–H and O–H groups in total. The second kappa shape index (κ2) is 59.7. The third-order valence-corrected chi connectivity index (χ3v) is 13.0. The minimum Gasteiger partial charge on any atom is -1.00 e. The Hall–Kier alpha value is -2.35. The molecular weight excluding hydrogens is 1420 g/mol. The first-order chi connectivity index (χ1) is 37.0. The average Bonchev–Trinajstić information content (AvgIpc) is 4.19. The summed E-state index contributed by atoms with van der Waals surface area (Å²) >= 11 is 22.3. The number of benzene rings is 6. The van der Waals surface area contributed by atoms with Gasteiger partial charge < -0.3 is 88.3 Å². The number of hydrogen-bond donors (Lipinski definition) is 0. The molecule has 0 fully saturated rings. The standard InChI is InChI=1S/2C22H28N2.2C6H4Cl2.2C5H5.2C2H5.2Al.6ClH.2Ni/c2*1-13-9-15(3)21(16(4)10-13)23-19(7)20(8)24-22-17(5)11-14(2)12-18(22)6;2*7-5-3-1-2-4-6(5)8;2*1-2-4-5-3-1;2*1-2;;;;;;;;;;/h2*9-12H,1-8H3;2*1-4H;2*1-5H;2*1H2,2H3;;;6*1H;;/q;;;;4*-1;2*+3;;;;;;;2*+2/p-6. The van der Waals surface area contributed by atoms with E-state index >= 15 is 0 Å². The second-order valence-corrected chi connectivity index (χ2v) is 20.2. The van der Waals surface area contributed by atoms with E-state index < -0.39 is 0 Å². The van der Waals surface area contributed by atoms with Gasteiger partial charge >= 0.3 is 67.7 Å². The third kappa shape index (κ3) is 41.3. The van der Waals surface area contributed by atoms with Gasteiger partial charge in [0.25, 0.3) is 0 Å². The van der Waals surface area contributed by atoms with Crippen molar-refractivity contribution in [2.75, 3.05) is 0 Å². The van der Waals surface area contributed by atoms with Crippen molar-refractivity contribution < 1.29 is 107 Å². The topological polar surface area (TPSA) is 49.4 Å². The zero-order chi connectivity index (χ0) is 59.1. The van der Waals surface area contributed by atoms with Crippen LogP contribution in [0.3, 0.4) is 0 Å². The molecule has 0 aliphatic heterocycles. The molecule has 0 spiro atoms. The summed E-state index contributed by atoms with van der Waals surface area (Å²) in [5, 5.41) is 2.42. The molecule has 4 nitrogen and oxygen atoms in total. The largest absolute Gasteiger partial charge is 3.00 e. The summed E-state index contributed by atoms with van der Waals surface area (Å²) in [6.07, 6.45) is 0. The summed E-state index contributed by atoms with van der Waals surface area (Å²) < 4.78 is 0. The Balaban J connectivity index is -0.000000110. The molecule has 8 aromatic rings. The number of nitrogens with zero attached hydrogens (tertiary/aromatic N) is 4. The van der Waals surface area contributed by atoms with Crippen LogP contribution in [0.25, 0.3) is 0 Å². The minimum absolute atomic E-state index is 0. The van der Waals surface area contributed by atoms with Crippen LogP contribution >= 0.6 is 46.4 Å². The molecular formula is C70H84Al2Cl10N4Ni2. The van der Waals surface area contributed by atoms with E-state index in [0.29, 0.717) is 20.1 Å². The molecule has 480 valence electrons. The van der Waals surface area contributed by atoms with Gasteiger partial charge in [0, 0.05) is 0 Å². The van der Waals surface area contributed by atoms with E-state index in [1.807, 2.05) is 113 Å². The van der Waals surface area contributed by atoms with Crippen molar-refractivity contribution in [3.8, 4) is 0 Å². The van der Waals surface area contributed by atoms with Gasteiger partial charge in [0.15, 0.2) is 0 Å². The third-order valence-electron chi connectivity index (χ3n) is 11.5. The van der Waals surface area contributed by atoms with E-state index in [2.05, 4.69) is 145 Å². The molecule has 0 aliphatic rings. The molecule has 88 heavy (non-hydrogen) atoms. The number of aliphatic imine (C=N–C) groups is 4. The maximum atomic E-state index is 5.58. The maximum Gasteiger partial charge on any atom is 3.00 e. The monoisotopic (exact) mass is 1500 g/mol. The first-order valence-corrected chi connectivity index (χ1v) is 27.6. The maximum absolute atomic E-state index is 5.58. The number of hydrogen-bond acceptors (Lipinski definition) is 4. The van der Waals surface area contributed by atoms with Crippen LogP contribution in [0.1, 0.15) is 108 Å². The van der Waals surface area contributed by atoms with Crippen molar-refractivity contribution in [1.29, 1.82) is 0 Å². The Morgan fingerprint density at radius 1 is 0.295 bits per heavy atom. The van der Waals surface area contributed by atoms with E-state index in [1.165, 1.54) is 66.8 Å². The van der Waals surface area contributed by atoms with Crippen molar-refractivity contribution in [2.24, 2.45) is 20.0 Å². The quantitative estimate of drug-likeness (QED) is 0.133. The molecule has 0 radical (unpaired) electrons. The van der Waals surface area contributed by atoms with Crippen molar-refractivity contribution in [3.63, 3.8) is 0 Å². The number of halogens is 10. The number of aryl methyl sites for hydroxylation is 12. The average molecular weight is 1510 g/mol. The molecule has 8 rings (SSSR count). The van der Waals surface area contributed by atoms with E-state index in [1.54, 1.807) is 38.1 Å². The Kier molecular flexibility index (Phi) is 72.7. The molecule has 0 atom stereocenters. The Labute approximate surface area is 630 Å². The smallest absolute Gasteiger partial charge is 1.00 e. The summed E-state index contributed by atoms with van der Waals surface area (Å²) in [6, 6.07) is 51.8. The van der Waals surface area contributed by atoms with E-state index in [4.69, 9.17) is 66.4 Å². The molecule has 0 aliphatic carbocycles. The van der Waals surface area contributed by atoms with Crippen molar-refractivity contribution in [3.05, 3.63) is 258 Å². The normalized spacial score (nSPS) is 9.64. The fourth-order valence-corrected chi connectivity index (χ4v) is 8.45. The minimum atomic E-state index is 0. The van der Waals surface area contributed by atoms with Crippen LogP contribution in [-0.2, 0) is 33.0 Å². The van der Waals surface area contributed by atoms with Crippen LogP contribution < -0.4 is 74.4 Å². The van der Waals surface area contributed by atoms with Gasteiger partial charge in [-0.25, -0.2) is 24.3 Å². The Morgan fingerprint density at radius 2 is 0.432 bits per heavy atom. The fourth-order valence-electron chi connectivity index (χ4n) is 7.91. The van der Waals surface area contributed by atoms with Gasteiger partial charge in [0.05, 0.1) is 65.7 Å². The van der Waals surface area contributed by atoms with E-state index in [-0.39, 0.29) is 142 Å². The van der Waals surface area contributed by atoms with E-state index in [9.17, 15) is 0 Å².